The van der Waals surface area contributed by atoms with E-state index in [0.717, 1.165) is 18.0 Å². The van der Waals surface area contributed by atoms with E-state index in [2.05, 4.69) is 44.2 Å². The van der Waals surface area contributed by atoms with Crippen molar-refractivity contribution in [1.29, 1.82) is 5.26 Å². The molecule has 0 radical (unpaired) electrons. The van der Waals surface area contributed by atoms with Crippen LogP contribution in [0.25, 0.3) is 0 Å². The minimum atomic E-state index is 0.507. The topological polar surface area (TPSA) is 39.1 Å². The Labute approximate surface area is 114 Å². The third kappa shape index (κ3) is 5.63. The summed E-state index contributed by atoms with van der Waals surface area (Å²) < 4.78 is 0. The van der Waals surface area contributed by atoms with Crippen molar-refractivity contribution in [3.05, 3.63) is 21.9 Å². The highest BCUT2D eigenvalue weighted by Gasteiger charge is 2.12. The molecular formula is C14H23N3S. The lowest BCUT2D eigenvalue weighted by Gasteiger charge is -2.23. The zero-order chi connectivity index (χ0) is 13.5. The van der Waals surface area contributed by atoms with Gasteiger partial charge in [0.05, 0.1) is 0 Å². The van der Waals surface area contributed by atoms with Crippen LogP contribution in [0, 0.1) is 17.2 Å². The maximum Gasteiger partial charge on any atom is 0.110 e. The summed E-state index contributed by atoms with van der Waals surface area (Å²) in [4.78, 5) is 4.24. The van der Waals surface area contributed by atoms with E-state index in [-0.39, 0.29) is 0 Å². The molecule has 0 spiro atoms. The van der Waals surface area contributed by atoms with E-state index in [1.165, 1.54) is 11.3 Å². The van der Waals surface area contributed by atoms with Gasteiger partial charge in [0.25, 0.3) is 0 Å². The fraction of sp³-hybridized carbons (Fsp3) is 0.643. The van der Waals surface area contributed by atoms with Gasteiger partial charge in [0.15, 0.2) is 0 Å². The van der Waals surface area contributed by atoms with Gasteiger partial charge in [-0.3, -0.25) is 0 Å². The van der Waals surface area contributed by atoms with Crippen molar-refractivity contribution in [3.63, 3.8) is 0 Å². The van der Waals surface area contributed by atoms with Crippen molar-refractivity contribution >= 4 is 11.3 Å². The van der Waals surface area contributed by atoms with Crippen molar-refractivity contribution in [2.75, 3.05) is 20.6 Å². The molecule has 1 aromatic heterocycles. The molecule has 0 saturated heterocycles. The monoisotopic (exact) mass is 265 g/mol. The highest BCUT2D eigenvalue weighted by molar-refractivity contribution is 7.12. The molecule has 1 rings (SSSR count). The van der Waals surface area contributed by atoms with E-state index in [4.69, 9.17) is 5.26 Å². The molecule has 100 valence electrons. The van der Waals surface area contributed by atoms with Crippen LogP contribution in [0.15, 0.2) is 12.1 Å². The van der Waals surface area contributed by atoms with Gasteiger partial charge in [0, 0.05) is 24.0 Å². The molecule has 0 aliphatic carbocycles. The Morgan fingerprint density at radius 3 is 2.61 bits per heavy atom. The van der Waals surface area contributed by atoms with Crippen molar-refractivity contribution < 1.29 is 0 Å². The second kappa shape index (κ2) is 7.52. The van der Waals surface area contributed by atoms with Crippen LogP contribution >= 0.6 is 11.3 Å². The lowest BCUT2D eigenvalue weighted by molar-refractivity contribution is 0.305. The van der Waals surface area contributed by atoms with Crippen LogP contribution in [-0.2, 0) is 6.54 Å². The molecule has 0 aromatic carbocycles. The lowest BCUT2D eigenvalue weighted by atomic mass is 10.0. The van der Waals surface area contributed by atoms with E-state index in [9.17, 15) is 0 Å². The third-order valence-electron chi connectivity index (χ3n) is 2.68. The molecule has 3 nitrogen and oxygen atoms in total. The zero-order valence-corrected chi connectivity index (χ0v) is 12.5. The number of thiophene rings is 1. The fourth-order valence-corrected chi connectivity index (χ4v) is 2.77. The van der Waals surface area contributed by atoms with Crippen molar-refractivity contribution in [3.8, 4) is 6.07 Å². The van der Waals surface area contributed by atoms with Crippen molar-refractivity contribution in [2.45, 2.75) is 32.9 Å². The minimum absolute atomic E-state index is 0.507. The second-order valence-corrected chi connectivity index (χ2v) is 6.52. The van der Waals surface area contributed by atoms with Gasteiger partial charge in [0.1, 0.15) is 10.9 Å². The van der Waals surface area contributed by atoms with Gasteiger partial charge in [-0.2, -0.15) is 5.26 Å². The van der Waals surface area contributed by atoms with E-state index >= 15 is 0 Å². The Morgan fingerprint density at radius 1 is 1.39 bits per heavy atom. The third-order valence-corrected chi connectivity index (χ3v) is 3.67. The number of nitriles is 1. The van der Waals surface area contributed by atoms with Gasteiger partial charge in [0.2, 0.25) is 0 Å². The van der Waals surface area contributed by atoms with E-state index in [1.54, 1.807) is 11.3 Å². The summed E-state index contributed by atoms with van der Waals surface area (Å²) in [6.45, 7) is 6.42. The predicted molar refractivity (Wildman–Crippen MR) is 77.7 cm³/mol. The Hall–Kier alpha value is -0.890. The van der Waals surface area contributed by atoms with Gasteiger partial charge in [-0.05, 0) is 38.6 Å². The quantitative estimate of drug-likeness (QED) is 0.824. The Balaban J connectivity index is 2.47. The molecular weight excluding hydrogens is 242 g/mol. The van der Waals surface area contributed by atoms with Crippen molar-refractivity contribution in [1.82, 2.24) is 10.2 Å². The molecule has 18 heavy (non-hydrogen) atoms. The predicted octanol–water partition coefficient (Wildman–Crippen LogP) is 2.69. The molecule has 0 saturated carbocycles. The number of hydrogen-bond donors (Lipinski definition) is 1. The number of likely N-dealkylation sites (N-methyl/N-ethyl adjacent to an activating group) is 1. The summed E-state index contributed by atoms with van der Waals surface area (Å²) in [6.07, 6.45) is 1.18. The minimum Gasteiger partial charge on any atom is -0.308 e. The highest BCUT2D eigenvalue weighted by atomic mass is 32.1. The molecule has 0 fully saturated rings. The van der Waals surface area contributed by atoms with Crippen LogP contribution < -0.4 is 5.32 Å². The molecule has 1 unspecified atom stereocenters. The average molecular weight is 265 g/mol. The number of nitrogens with one attached hydrogen (secondary N) is 1. The summed E-state index contributed by atoms with van der Waals surface area (Å²) in [5.41, 5.74) is 0. The second-order valence-electron chi connectivity index (χ2n) is 5.35. The lowest BCUT2D eigenvalue weighted by Crippen LogP contribution is -2.38. The van der Waals surface area contributed by atoms with E-state index in [1.807, 2.05) is 12.1 Å². The smallest absolute Gasteiger partial charge is 0.110 e. The fourth-order valence-electron chi connectivity index (χ4n) is 2.01. The van der Waals surface area contributed by atoms with Crippen molar-refractivity contribution in [2.24, 2.45) is 5.92 Å². The van der Waals surface area contributed by atoms with Crippen LogP contribution in [0.5, 0.6) is 0 Å². The van der Waals surface area contributed by atoms with Gasteiger partial charge >= 0.3 is 0 Å². The van der Waals surface area contributed by atoms with Crippen LogP contribution in [-0.4, -0.2) is 31.6 Å². The summed E-state index contributed by atoms with van der Waals surface area (Å²) >= 11 is 1.58. The first-order chi connectivity index (χ1) is 8.51. The van der Waals surface area contributed by atoms with Crippen LogP contribution in [0.2, 0.25) is 0 Å². The molecule has 1 aromatic rings. The molecule has 0 bridgehead atoms. The molecule has 0 amide bonds. The maximum atomic E-state index is 8.80. The molecule has 1 heterocycles. The van der Waals surface area contributed by atoms with Gasteiger partial charge < -0.3 is 10.2 Å². The normalized spacial score (nSPS) is 12.9. The van der Waals surface area contributed by atoms with Gasteiger partial charge in [-0.25, -0.2) is 0 Å². The number of rotatable bonds is 7. The van der Waals surface area contributed by atoms with Gasteiger partial charge in [-0.1, -0.05) is 13.8 Å². The molecule has 4 heteroatoms. The Morgan fingerprint density at radius 2 is 2.11 bits per heavy atom. The number of nitrogens with zero attached hydrogens (tertiary/aromatic N) is 2. The van der Waals surface area contributed by atoms with Crippen LogP contribution in [0.1, 0.15) is 30.0 Å². The summed E-state index contributed by atoms with van der Waals surface area (Å²) in [5, 5.41) is 12.4. The Kier molecular flexibility index (Phi) is 6.34. The zero-order valence-electron chi connectivity index (χ0n) is 11.7. The SMILES string of the molecule is CC(C)CC(CN(C)C)NCc1ccc(C#N)s1. The molecule has 0 aliphatic heterocycles. The summed E-state index contributed by atoms with van der Waals surface area (Å²) in [7, 11) is 4.21. The van der Waals surface area contributed by atoms with E-state index < -0.39 is 0 Å². The first-order valence-corrected chi connectivity index (χ1v) is 7.19. The standard InChI is InChI=1S/C14H23N3S/c1-11(2)7-12(10-17(3)4)16-9-14-6-5-13(8-15)18-14/h5-6,11-12,16H,7,9-10H2,1-4H3. The Bertz CT molecular complexity index is 380. The van der Waals surface area contributed by atoms with Crippen LogP contribution in [0.4, 0.5) is 0 Å². The first-order valence-electron chi connectivity index (χ1n) is 6.38. The van der Waals surface area contributed by atoms with Gasteiger partial charge in [-0.15, -0.1) is 11.3 Å². The molecule has 1 atom stereocenters. The summed E-state index contributed by atoms with van der Waals surface area (Å²) in [5.74, 6) is 0.695. The molecule has 1 N–H and O–H groups in total. The average Bonchev–Trinajstić information content (AvgIpc) is 2.72. The largest absolute Gasteiger partial charge is 0.308 e. The first kappa shape index (κ1) is 15.2. The molecule has 0 aliphatic rings. The summed E-state index contributed by atoms with van der Waals surface area (Å²) in [6, 6.07) is 6.62. The van der Waals surface area contributed by atoms with Crippen LogP contribution in [0.3, 0.4) is 0 Å². The van der Waals surface area contributed by atoms with E-state index in [0.29, 0.717) is 12.0 Å². The highest BCUT2D eigenvalue weighted by Crippen LogP contribution is 2.15. The maximum absolute atomic E-state index is 8.80. The number of hydrogen-bond acceptors (Lipinski definition) is 4.